The second kappa shape index (κ2) is 12.3. The van der Waals surface area contributed by atoms with Crippen LogP contribution < -0.4 is 0 Å². The lowest BCUT2D eigenvalue weighted by molar-refractivity contribution is 0.131. The summed E-state index contributed by atoms with van der Waals surface area (Å²) in [6, 6.07) is 48.2. The van der Waals surface area contributed by atoms with E-state index < -0.39 is 5.41 Å². The lowest BCUT2D eigenvalue weighted by Gasteiger charge is -2.34. The highest BCUT2D eigenvalue weighted by Crippen LogP contribution is 2.59. The molecule has 2 aliphatic heterocycles. The van der Waals surface area contributed by atoms with Crippen LogP contribution in [-0.4, -0.2) is 46.1 Å². The zero-order valence-corrected chi connectivity index (χ0v) is 31.4. The zero-order valence-electron chi connectivity index (χ0n) is 31.4. The fourth-order valence-corrected chi connectivity index (χ4v) is 8.56. The van der Waals surface area contributed by atoms with E-state index in [9.17, 15) is 0 Å². The van der Waals surface area contributed by atoms with E-state index >= 15 is 0 Å². The van der Waals surface area contributed by atoms with Crippen LogP contribution in [0, 0.1) is 0 Å². The third-order valence-electron chi connectivity index (χ3n) is 11.1. The number of hydrogen-bond donors (Lipinski definition) is 0. The first-order chi connectivity index (χ1) is 26.7. The van der Waals surface area contributed by atoms with Crippen LogP contribution in [0.2, 0.25) is 0 Å². The Kier molecular flexibility index (Phi) is 7.43. The van der Waals surface area contributed by atoms with Crippen LogP contribution in [0.5, 0.6) is 0 Å². The highest BCUT2D eigenvalue weighted by molar-refractivity contribution is 6.10. The van der Waals surface area contributed by atoms with Gasteiger partial charge < -0.3 is 9.47 Å². The van der Waals surface area contributed by atoms with E-state index in [0.717, 1.165) is 39.0 Å². The van der Waals surface area contributed by atoms with E-state index in [2.05, 4.69) is 171 Å². The summed E-state index contributed by atoms with van der Waals surface area (Å²) in [5.74, 6) is 1.30. The monoisotopic (exact) mass is 716 g/mol. The number of rotatable bonds is 6. The Bertz CT molecular complexity index is 2640. The zero-order chi connectivity index (χ0) is 37.4. The van der Waals surface area contributed by atoms with Crippen LogP contribution in [0.15, 0.2) is 156 Å². The van der Waals surface area contributed by atoms with Gasteiger partial charge in [-0.15, -0.1) is 0 Å². The predicted octanol–water partition coefficient (Wildman–Crippen LogP) is 10.4. The van der Waals surface area contributed by atoms with Crippen LogP contribution in [0.1, 0.15) is 61.1 Å². The topological polar surface area (TPSA) is 69.0 Å². The standard InChI is InChI=1S/C49H40N4O2/c1-47(2)29-52-45(54-47)32-20-23-42(50-27-32)31-19-22-38-40(25-31)49(34-13-7-5-8-14-34,35-15-9-6-10-16-35)41-26-39(36-17-11-12-18-37(36)44(38)41)43-24-21-33(28-51-43)46-53-30-48(3,4)55-46/h5-28H,29-30H2,1-4H3. The summed E-state index contributed by atoms with van der Waals surface area (Å²) in [5, 5.41) is 2.35. The molecule has 1 aliphatic carbocycles. The summed E-state index contributed by atoms with van der Waals surface area (Å²) < 4.78 is 12.3. The molecule has 10 rings (SSSR count). The average Bonchev–Trinajstić information content (AvgIpc) is 3.88. The largest absolute Gasteiger partial charge is 0.469 e. The van der Waals surface area contributed by atoms with Gasteiger partial charge in [-0.05, 0) is 108 Å². The molecule has 0 saturated carbocycles. The molecule has 0 spiro atoms. The van der Waals surface area contributed by atoms with E-state index in [-0.39, 0.29) is 11.2 Å². The van der Waals surface area contributed by atoms with Gasteiger partial charge in [-0.25, -0.2) is 9.98 Å². The van der Waals surface area contributed by atoms with E-state index in [0.29, 0.717) is 24.9 Å². The lowest BCUT2D eigenvalue weighted by Crippen LogP contribution is -2.28. The van der Waals surface area contributed by atoms with E-state index in [1.165, 1.54) is 38.8 Å². The molecule has 0 bridgehead atoms. The minimum Gasteiger partial charge on any atom is -0.469 e. The molecule has 6 nitrogen and oxygen atoms in total. The van der Waals surface area contributed by atoms with Crippen molar-refractivity contribution < 1.29 is 9.47 Å². The van der Waals surface area contributed by atoms with Crippen molar-refractivity contribution in [1.82, 2.24) is 9.97 Å². The summed E-state index contributed by atoms with van der Waals surface area (Å²) in [6.07, 6.45) is 3.77. The summed E-state index contributed by atoms with van der Waals surface area (Å²) in [4.78, 5) is 19.3. The quantitative estimate of drug-likeness (QED) is 0.172. The first kappa shape index (κ1) is 33.2. The van der Waals surface area contributed by atoms with Gasteiger partial charge in [-0.2, -0.15) is 0 Å². The number of pyridine rings is 2. The molecule has 5 aromatic carbocycles. The van der Waals surface area contributed by atoms with Crippen LogP contribution in [0.4, 0.5) is 0 Å². The van der Waals surface area contributed by atoms with Gasteiger partial charge in [0.1, 0.15) is 11.2 Å². The molecule has 268 valence electrons. The minimum atomic E-state index is -0.627. The molecular weight excluding hydrogens is 677 g/mol. The van der Waals surface area contributed by atoms with Gasteiger partial charge in [0.25, 0.3) is 0 Å². The molecule has 0 radical (unpaired) electrons. The fourth-order valence-electron chi connectivity index (χ4n) is 8.56. The molecule has 2 aromatic heterocycles. The molecule has 7 aromatic rings. The van der Waals surface area contributed by atoms with Gasteiger partial charge in [-0.1, -0.05) is 97.1 Å². The number of ether oxygens (including phenoxy) is 2. The average molecular weight is 717 g/mol. The molecule has 3 aliphatic rings. The summed E-state index contributed by atoms with van der Waals surface area (Å²) in [6.45, 7) is 9.50. The molecule has 0 atom stereocenters. The molecule has 0 N–H and O–H groups in total. The van der Waals surface area contributed by atoms with E-state index in [4.69, 9.17) is 19.4 Å². The summed E-state index contributed by atoms with van der Waals surface area (Å²) in [5.41, 5.74) is 11.7. The van der Waals surface area contributed by atoms with Crippen molar-refractivity contribution in [2.24, 2.45) is 9.98 Å². The molecular formula is C49H40N4O2. The van der Waals surface area contributed by atoms with Gasteiger partial charge in [0.05, 0.1) is 41.0 Å². The third-order valence-corrected chi connectivity index (χ3v) is 11.1. The summed E-state index contributed by atoms with van der Waals surface area (Å²) >= 11 is 0. The maximum atomic E-state index is 6.15. The van der Waals surface area contributed by atoms with Crippen molar-refractivity contribution in [2.45, 2.75) is 44.3 Å². The number of hydrogen-bond acceptors (Lipinski definition) is 6. The van der Waals surface area contributed by atoms with Crippen molar-refractivity contribution in [2.75, 3.05) is 13.1 Å². The molecule has 0 saturated heterocycles. The minimum absolute atomic E-state index is 0.304. The van der Waals surface area contributed by atoms with Crippen LogP contribution in [0.3, 0.4) is 0 Å². The van der Waals surface area contributed by atoms with E-state index in [1.807, 2.05) is 12.4 Å². The molecule has 0 unspecified atom stereocenters. The van der Waals surface area contributed by atoms with Gasteiger partial charge in [0.15, 0.2) is 0 Å². The summed E-state index contributed by atoms with van der Waals surface area (Å²) in [7, 11) is 0. The smallest absolute Gasteiger partial charge is 0.218 e. The molecule has 4 heterocycles. The Hall–Kier alpha value is -6.40. The normalized spacial score (nSPS) is 17.2. The first-order valence-electron chi connectivity index (χ1n) is 18.9. The van der Waals surface area contributed by atoms with Gasteiger partial charge in [-0.3, -0.25) is 9.97 Å². The van der Waals surface area contributed by atoms with Crippen LogP contribution in [-0.2, 0) is 14.9 Å². The Morgan fingerprint density at radius 1 is 0.473 bits per heavy atom. The van der Waals surface area contributed by atoms with Crippen molar-refractivity contribution >= 4 is 22.6 Å². The predicted molar refractivity (Wildman–Crippen MR) is 221 cm³/mol. The second-order valence-electron chi connectivity index (χ2n) is 16.0. The van der Waals surface area contributed by atoms with Gasteiger partial charge in [0.2, 0.25) is 11.8 Å². The number of fused-ring (bicyclic) bond motifs is 5. The SMILES string of the molecule is CC1(C)CN=C(c2ccc(-c3ccc4c(c3)C(c3ccccc3)(c3ccccc3)c3cc(-c5ccc(C6=NCC(C)(C)O6)cn5)c5ccccc5c3-4)nc2)O1. The first-order valence-corrected chi connectivity index (χ1v) is 18.9. The fraction of sp³-hybridized carbons (Fsp3) is 0.184. The number of aliphatic imine (C=N–C) groups is 2. The van der Waals surface area contributed by atoms with Gasteiger partial charge in [0, 0.05) is 23.5 Å². The Labute approximate surface area is 321 Å². The van der Waals surface area contributed by atoms with Crippen LogP contribution >= 0.6 is 0 Å². The molecule has 6 heteroatoms. The number of benzene rings is 5. The Balaban J connectivity index is 1.19. The highest BCUT2D eigenvalue weighted by Gasteiger charge is 2.47. The molecule has 0 fully saturated rings. The lowest BCUT2D eigenvalue weighted by atomic mass is 9.67. The second-order valence-corrected chi connectivity index (χ2v) is 16.0. The maximum Gasteiger partial charge on any atom is 0.218 e. The van der Waals surface area contributed by atoms with Crippen molar-refractivity contribution in [1.29, 1.82) is 0 Å². The molecule has 0 amide bonds. The van der Waals surface area contributed by atoms with Crippen LogP contribution in [0.25, 0.3) is 44.4 Å². The molecule has 55 heavy (non-hydrogen) atoms. The third kappa shape index (κ3) is 5.38. The number of nitrogens with zero attached hydrogens (tertiary/aromatic N) is 4. The van der Waals surface area contributed by atoms with Crippen molar-refractivity contribution in [3.8, 4) is 33.6 Å². The van der Waals surface area contributed by atoms with Gasteiger partial charge >= 0.3 is 0 Å². The number of aromatic nitrogens is 2. The Morgan fingerprint density at radius 2 is 1.00 bits per heavy atom. The van der Waals surface area contributed by atoms with E-state index in [1.54, 1.807) is 0 Å². The van der Waals surface area contributed by atoms with Crippen molar-refractivity contribution in [3.63, 3.8) is 0 Å². The Morgan fingerprint density at radius 3 is 1.53 bits per heavy atom. The highest BCUT2D eigenvalue weighted by atomic mass is 16.5. The maximum absolute atomic E-state index is 6.15. The van der Waals surface area contributed by atoms with Crippen molar-refractivity contribution in [3.05, 3.63) is 179 Å².